The highest BCUT2D eigenvalue weighted by atomic mass is 32.1. The average molecular weight is 155 g/mol. The Morgan fingerprint density at radius 3 is 2.00 bits per heavy atom. The zero-order valence-corrected chi connectivity index (χ0v) is 7.07. The molecule has 0 unspecified atom stereocenters. The van der Waals surface area contributed by atoms with Gasteiger partial charge in [0.25, 0.3) is 0 Å². The van der Waals surface area contributed by atoms with E-state index in [2.05, 4.69) is 15.2 Å². The van der Waals surface area contributed by atoms with Crippen molar-refractivity contribution in [2.45, 2.75) is 20.8 Å². The molecule has 0 saturated carbocycles. The monoisotopic (exact) mass is 155 g/mol. The molecule has 10 heavy (non-hydrogen) atoms. The number of rotatable bonds is 0. The van der Waals surface area contributed by atoms with Crippen molar-refractivity contribution >= 4 is 23.2 Å². The van der Waals surface area contributed by atoms with Crippen LogP contribution in [0.15, 0.2) is 15.2 Å². The summed E-state index contributed by atoms with van der Waals surface area (Å²) < 4.78 is 0. The number of azo groups is 1. The third-order valence-corrected chi connectivity index (χ3v) is 1.28. The first kappa shape index (κ1) is 7.47. The maximum absolute atomic E-state index is 4.72. The van der Waals surface area contributed by atoms with E-state index in [-0.39, 0.29) is 5.41 Å². The van der Waals surface area contributed by atoms with E-state index in [1.54, 1.807) is 0 Å². The molecule has 0 aromatic rings. The minimum atomic E-state index is -0.0376. The molecular formula is C6H9N3S. The van der Waals surface area contributed by atoms with Crippen LogP contribution in [0.1, 0.15) is 20.8 Å². The van der Waals surface area contributed by atoms with Gasteiger partial charge in [0.15, 0.2) is 5.84 Å². The summed E-state index contributed by atoms with van der Waals surface area (Å²) in [4.78, 5) is 3.97. The first-order chi connectivity index (χ1) is 4.50. The highest BCUT2D eigenvalue weighted by molar-refractivity contribution is 7.80. The van der Waals surface area contributed by atoms with Crippen LogP contribution >= 0.6 is 12.2 Å². The Bertz CT molecular complexity index is 222. The van der Waals surface area contributed by atoms with Crippen LogP contribution in [0.2, 0.25) is 0 Å². The number of thiocarbonyl (C=S) groups is 1. The fourth-order valence-electron chi connectivity index (χ4n) is 0.543. The Morgan fingerprint density at radius 2 is 1.80 bits per heavy atom. The van der Waals surface area contributed by atoms with E-state index in [0.29, 0.717) is 5.11 Å². The van der Waals surface area contributed by atoms with Gasteiger partial charge < -0.3 is 0 Å². The van der Waals surface area contributed by atoms with Crippen LogP contribution in [0.25, 0.3) is 0 Å². The minimum Gasteiger partial charge on any atom is -0.199 e. The van der Waals surface area contributed by atoms with Gasteiger partial charge in [0.2, 0.25) is 5.11 Å². The van der Waals surface area contributed by atoms with Gasteiger partial charge in [0, 0.05) is 5.41 Å². The number of hydrogen-bond donors (Lipinski definition) is 0. The summed E-state index contributed by atoms with van der Waals surface area (Å²) in [6.45, 7) is 6.08. The van der Waals surface area contributed by atoms with Gasteiger partial charge in [0.05, 0.1) is 0 Å². The second-order valence-electron chi connectivity index (χ2n) is 3.17. The van der Waals surface area contributed by atoms with E-state index in [1.807, 2.05) is 20.8 Å². The Morgan fingerprint density at radius 1 is 1.20 bits per heavy atom. The Labute approximate surface area is 65.3 Å². The fraction of sp³-hybridized carbons (Fsp3) is 0.667. The van der Waals surface area contributed by atoms with E-state index in [4.69, 9.17) is 12.2 Å². The number of hydrogen-bond acceptors (Lipinski definition) is 2. The van der Waals surface area contributed by atoms with E-state index in [9.17, 15) is 0 Å². The molecule has 54 valence electrons. The number of nitrogens with zero attached hydrogens (tertiary/aromatic N) is 3. The van der Waals surface area contributed by atoms with Crippen LogP contribution in [0.5, 0.6) is 0 Å². The van der Waals surface area contributed by atoms with Crippen molar-refractivity contribution in [3.63, 3.8) is 0 Å². The summed E-state index contributed by atoms with van der Waals surface area (Å²) in [6, 6.07) is 0. The van der Waals surface area contributed by atoms with Gasteiger partial charge in [-0.15, -0.1) is 10.2 Å². The summed E-state index contributed by atoms with van der Waals surface area (Å²) >= 11 is 4.72. The zero-order chi connectivity index (χ0) is 7.78. The van der Waals surface area contributed by atoms with Crippen LogP contribution < -0.4 is 0 Å². The molecule has 0 aromatic heterocycles. The SMILES string of the molecule is CC(C)(C)C1=NC(=S)N=N1. The predicted molar refractivity (Wildman–Crippen MR) is 44.3 cm³/mol. The van der Waals surface area contributed by atoms with Crippen LogP contribution in [0.4, 0.5) is 0 Å². The molecule has 0 spiro atoms. The largest absolute Gasteiger partial charge is 0.241 e. The van der Waals surface area contributed by atoms with Gasteiger partial charge in [-0.05, 0) is 12.2 Å². The predicted octanol–water partition coefficient (Wildman–Crippen LogP) is 2.18. The van der Waals surface area contributed by atoms with Gasteiger partial charge in [-0.2, -0.15) is 4.99 Å². The molecule has 0 saturated heterocycles. The first-order valence-corrected chi connectivity index (χ1v) is 3.46. The fourth-order valence-corrected chi connectivity index (χ4v) is 0.670. The van der Waals surface area contributed by atoms with Gasteiger partial charge in [-0.25, -0.2) is 0 Å². The molecule has 1 heterocycles. The van der Waals surface area contributed by atoms with Crippen LogP contribution in [0, 0.1) is 5.41 Å². The quantitative estimate of drug-likeness (QED) is 0.494. The summed E-state index contributed by atoms with van der Waals surface area (Å²) in [7, 11) is 0. The third-order valence-electron chi connectivity index (χ3n) is 1.10. The standard InChI is InChI=1S/C6H9N3S/c1-6(2,3)4-7-5(10)9-8-4/h1-3H3. The van der Waals surface area contributed by atoms with Crippen molar-refractivity contribution in [3.05, 3.63) is 0 Å². The molecule has 0 bridgehead atoms. The Hall–Kier alpha value is -0.640. The summed E-state index contributed by atoms with van der Waals surface area (Å²) in [5.41, 5.74) is -0.0376. The lowest BCUT2D eigenvalue weighted by Crippen LogP contribution is -2.16. The lowest BCUT2D eigenvalue weighted by molar-refractivity contribution is 0.586. The third kappa shape index (κ3) is 1.44. The summed E-state index contributed by atoms with van der Waals surface area (Å²) in [5.74, 6) is 0.720. The minimum absolute atomic E-state index is 0.0376. The lowest BCUT2D eigenvalue weighted by atomic mass is 9.96. The van der Waals surface area contributed by atoms with Crippen molar-refractivity contribution in [1.29, 1.82) is 0 Å². The molecule has 4 heteroatoms. The van der Waals surface area contributed by atoms with E-state index in [1.165, 1.54) is 0 Å². The number of amidine groups is 1. The van der Waals surface area contributed by atoms with Crippen molar-refractivity contribution in [2.24, 2.45) is 20.6 Å². The Balaban J connectivity index is 2.88. The first-order valence-electron chi connectivity index (χ1n) is 3.05. The molecule has 0 N–H and O–H groups in total. The van der Waals surface area contributed by atoms with E-state index >= 15 is 0 Å². The van der Waals surface area contributed by atoms with Crippen molar-refractivity contribution < 1.29 is 0 Å². The highest BCUT2D eigenvalue weighted by Gasteiger charge is 2.22. The van der Waals surface area contributed by atoms with Gasteiger partial charge in [-0.3, -0.25) is 0 Å². The molecule has 0 aliphatic carbocycles. The zero-order valence-electron chi connectivity index (χ0n) is 6.25. The van der Waals surface area contributed by atoms with Crippen LogP contribution in [-0.4, -0.2) is 10.9 Å². The molecule has 3 nitrogen and oxygen atoms in total. The van der Waals surface area contributed by atoms with E-state index in [0.717, 1.165) is 5.84 Å². The highest BCUT2D eigenvalue weighted by Crippen LogP contribution is 2.20. The summed E-state index contributed by atoms with van der Waals surface area (Å²) in [5, 5.41) is 7.80. The maximum Gasteiger partial charge on any atom is 0.241 e. The molecule has 0 aromatic carbocycles. The molecule has 0 radical (unpaired) electrons. The second-order valence-corrected chi connectivity index (χ2v) is 3.53. The van der Waals surface area contributed by atoms with Crippen LogP contribution in [0.3, 0.4) is 0 Å². The molecule has 1 aliphatic rings. The van der Waals surface area contributed by atoms with Gasteiger partial charge in [0.1, 0.15) is 0 Å². The number of aliphatic imine (C=N–C) groups is 1. The molecule has 1 rings (SSSR count). The smallest absolute Gasteiger partial charge is 0.199 e. The topological polar surface area (TPSA) is 37.1 Å². The maximum atomic E-state index is 4.72. The molecule has 0 fully saturated rings. The molecule has 0 amide bonds. The summed E-state index contributed by atoms with van der Waals surface area (Å²) in [6.07, 6.45) is 0. The Kier molecular flexibility index (Phi) is 1.64. The molecular weight excluding hydrogens is 146 g/mol. The second kappa shape index (κ2) is 2.20. The lowest BCUT2D eigenvalue weighted by Gasteiger charge is -2.12. The van der Waals surface area contributed by atoms with Crippen molar-refractivity contribution in [2.75, 3.05) is 0 Å². The molecule has 0 atom stereocenters. The van der Waals surface area contributed by atoms with Crippen LogP contribution in [-0.2, 0) is 0 Å². The van der Waals surface area contributed by atoms with Gasteiger partial charge in [-0.1, -0.05) is 20.8 Å². The average Bonchev–Trinajstić information content (AvgIpc) is 2.11. The van der Waals surface area contributed by atoms with Crippen molar-refractivity contribution in [1.82, 2.24) is 0 Å². The molecule has 1 aliphatic heterocycles. The van der Waals surface area contributed by atoms with E-state index < -0.39 is 0 Å². The normalized spacial score (nSPS) is 17.9. The van der Waals surface area contributed by atoms with Gasteiger partial charge >= 0.3 is 0 Å². The van der Waals surface area contributed by atoms with Crippen molar-refractivity contribution in [3.8, 4) is 0 Å².